The second-order valence-electron chi connectivity index (χ2n) is 9.43. The molecule has 1 aliphatic carbocycles. The summed E-state index contributed by atoms with van der Waals surface area (Å²) in [5.74, 6) is -1.04. The maximum Gasteiger partial charge on any atom is 0.420 e. The maximum atomic E-state index is 14.8. The maximum absolute atomic E-state index is 14.8. The van der Waals surface area contributed by atoms with Crippen molar-refractivity contribution in [1.82, 2.24) is 4.98 Å². The molecular formula is C26H23F4N3O5. The number of ether oxygens (including phenoxy) is 3. The highest BCUT2D eigenvalue weighted by Gasteiger charge is 2.40. The Morgan fingerprint density at radius 1 is 1.05 bits per heavy atom. The molecule has 2 heterocycles. The molecule has 38 heavy (non-hydrogen) atoms. The summed E-state index contributed by atoms with van der Waals surface area (Å²) in [6.07, 6.45) is -1.58. The second-order valence-corrected chi connectivity index (χ2v) is 9.43. The summed E-state index contributed by atoms with van der Waals surface area (Å²) in [6, 6.07) is 7.66. The topological polar surface area (TPSA) is 102 Å². The van der Waals surface area contributed by atoms with Crippen LogP contribution >= 0.6 is 0 Å². The zero-order valence-electron chi connectivity index (χ0n) is 20.1. The summed E-state index contributed by atoms with van der Waals surface area (Å²) in [5.41, 5.74) is -1.76. The lowest BCUT2D eigenvalue weighted by Crippen LogP contribution is -2.51. The van der Waals surface area contributed by atoms with E-state index in [1.165, 1.54) is 30.5 Å². The summed E-state index contributed by atoms with van der Waals surface area (Å²) in [4.78, 5) is 26.9. The molecule has 2 amide bonds. The third kappa shape index (κ3) is 5.75. The van der Waals surface area contributed by atoms with Gasteiger partial charge >= 0.3 is 12.2 Å². The molecule has 0 radical (unpaired) electrons. The van der Waals surface area contributed by atoms with Crippen LogP contribution in [0.3, 0.4) is 0 Å². The minimum atomic E-state index is -4.74. The number of urea groups is 1. The number of alkyl halides is 3. The summed E-state index contributed by atoms with van der Waals surface area (Å²) in [6.45, 7) is 1.96. The minimum Gasteiger partial charge on any atom is -0.485 e. The molecule has 0 unspecified atom stereocenters. The highest BCUT2D eigenvalue weighted by atomic mass is 19.4. The van der Waals surface area contributed by atoms with Crippen LogP contribution in [0, 0.1) is 5.82 Å². The predicted octanol–water partition coefficient (Wildman–Crippen LogP) is 5.55. The van der Waals surface area contributed by atoms with Crippen molar-refractivity contribution in [2.24, 2.45) is 0 Å². The standard InChI is InChI=1S/C26H23F4N3O5/c1-25(12-36-13-25)38-21-7-3-16(10-18(21)26(28,29)30)32-24(35)33-20-6-2-14(8-19(20)27)15-9-22(23(34)31-11-15)37-17-4-5-17/h2-3,6-11,17H,4-5,12-13H2,1H3,(H,31,34)(H2,32,33,35). The molecular weight excluding hydrogens is 510 g/mol. The fraction of sp³-hybridized carbons (Fsp3) is 0.308. The number of carbonyl (C=O) groups is 1. The molecule has 200 valence electrons. The highest BCUT2D eigenvalue weighted by molar-refractivity contribution is 6.00. The molecule has 5 rings (SSSR count). The van der Waals surface area contributed by atoms with Gasteiger partial charge < -0.3 is 29.8 Å². The van der Waals surface area contributed by atoms with Crippen LogP contribution in [0.4, 0.5) is 33.7 Å². The van der Waals surface area contributed by atoms with Gasteiger partial charge in [0, 0.05) is 17.4 Å². The van der Waals surface area contributed by atoms with Crippen molar-refractivity contribution in [3.8, 4) is 22.6 Å². The van der Waals surface area contributed by atoms with E-state index in [9.17, 15) is 27.2 Å². The SMILES string of the molecule is CC1(Oc2ccc(NC(=O)Nc3ccc(-c4c[nH]c(=O)c(OC5CC5)c4)cc3F)cc2C(F)(F)F)COC1. The number of aromatic amines is 1. The monoisotopic (exact) mass is 533 g/mol. The van der Waals surface area contributed by atoms with E-state index in [1.54, 1.807) is 6.92 Å². The Labute approximate surface area is 213 Å². The molecule has 0 bridgehead atoms. The molecule has 1 saturated heterocycles. The molecule has 1 saturated carbocycles. The van der Waals surface area contributed by atoms with E-state index in [-0.39, 0.29) is 42.2 Å². The van der Waals surface area contributed by atoms with Crippen LogP contribution in [0.15, 0.2) is 53.5 Å². The zero-order valence-corrected chi connectivity index (χ0v) is 20.1. The average molecular weight is 533 g/mol. The molecule has 2 aliphatic rings. The normalized spacial score (nSPS) is 16.3. The van der Waals surface area contributed by atoms with E-state index in [1.807, 2.05) is 0 Å². The molecule has 0 atom stereocenters. The van der Waals surface area contributed by atoms with Gasteiger partial charge in [0.2, 0.25) is 0 Å². The Bertz CT molecular complexity index is 1430. The van der Waals surface area contributed by atoms with E-state index in [0.717, 1.165) is 31.0 Å². The molecule has 2 aromatic carbocycles. The smallest absolute Gasteiger partial charge is 0.420 e. The van der Waals surface area contributed by atoms with Crippen LogP contribution < -0.4 is 25.7 Å². The summed E-state index contributed by atoms with van der Waals surface area (Å²) >= 11 is 0. The summed E-state index contributed by atoms with van der Waals surface area (Å²) < 4.78 is 71.8. The highest BCUT2D eigenvalue weighted by Crippen LogP contribution is 2.40. The molecule has 12 heteroatoms. The van der Waals surface area contributed by atoms with Gasteiger partial charge in [-0.2, -0.15) is 13.2 Å². The lowest BCUT2D eigenvalue weighted by Gasteiger charge is -2.38. The van der Waals surface area contributed by atoms with Gasteiger partial charge in [-0.1, -0.05) is 6.07 Å². The number of anilines is 2. The Kier molecular flexibility index (Phi) is 6.51. The first-order valence-electron chi connectivity index (χ1n) is 11.7. The molecule has 1 aromatic heterocycles. The number of pyridine rings is 1. The van der Waals surface area contributed by atoms with Crippen LogP contribution in [0.25, 0.3) is 11.1 Å². The van der Waals surface area contributed by atoms with Crippen LogP contribution in [0.5, 0.6) is 11.5 Å². The van der Waals surface area contributed by atoms with Gasteiger partial charge in [0.05, 0.1) is 30.6 Å². The zero-order chi connectivity index (χ0) is 27.1. The Morgan fingerprint density at radius 3 is 2.45 bits per heavy atom. The first kappa shape index (κ1) is 25.6. The molecule has 1 aliphatic heterocycles. The van der Waals surface area contributed by atoms with Gasteiger partial charge in [0.1, 0.15) is 11.6 Å². The van der Waals surface area contributed by atoms with Crippen molar-refractivity contribution in [3.63, 3.8) is 0 Å². The number of hydrogen-bond donors (Lipinski definition) is 3. The average Bonchev–Trinajstić information content (AvgIpc) is 3.65. The van der Waals surface area contributed by atoms with Crippen LogP contribution in [0.2, 0.25) is 0 Å². The molecule has 8 nitrogen and oxygen atoms in total. The van der Waals surface area contributed by atoms with E-state index in [0.29, 0.717) is 11.1 Å². The number of hydrogen-bond acceptors (Lipinski definition) is 5. The number of nitrogens with one attached hydrogen (secondary N) is 3. The number of rotatable bonds is 7. The number of aromatic nitrogens is 1. The number of H-pyrrole nitrogens is 1. The minimum absolute atomic E-state index is 0.00439. The quantitative estimate of drug-likeness (QED) is 0.346. The first-order chi connectivity index (χ1) is 18.0. The van der Waals surface area contributed by atoms with Gasteiger partial charge in [0.25, 0.3) is 5.56 Å². The van der Waals surface area contributed by atoms with Crippen LogP contribution in [0.1, 0.15) is 25.3 Å². The number of amides is 2. The van der Waals surface area contributed by atoms with Gasteiger partial charge in [-0.05, 0) is 61.7 Å². The molecule has 3 N–H and O–H groups in total. The largest absolute Gasteiger partial charge is 0.485 e. The summed E-state index contributed by atoms with van der Waals surface area (Å²) in [5, 5.41) is 4.56. The van der Waals surface area contributed by atoms with E-state index in [2.05, 4.69) is 15.6 Å². The Balaban J connectivity index is 1.28. The van der Waals surface area contributed by atoms with Crippen LogP contribution in [-0.4, -0.2) is 35.9 Å². The molecule has 3 aromatic rings. The van der Waals surface area contributed by atoms with Crippen molar-refractivity contribution in [2.75, 3.05) is 23.8 Å². The lowest BCUT2D eigenvalue weighted by atomic mass is 10.0. The van der Waals surface area contributed by atoms with Gasteiger partial charge in [-0.25, -0.2) is 9.18 Å². The van der Waals surface area contributed by atoms with Crippen molar-refractivity contribution < 1.29 is 36.6 Å². The Hall–Kier alpha value is -4.06. The molecule has 0 spiro atoms. The van der Waals surface area contributed by atoms with Crippen molar-refractivity contribution in [3.05, 3.63) is 70.4 Å². The summed E-state index contributed by atoms with van der Waals surface area (Å²) in [7, 11) is 0. The second kappa shape index (κ2) is 9.67. The number of halogens is 4. The third-order valence-electron chi connectivity index (χ3n) is 5.95. The van der Waals surface area contributed by atoms with Crippen molar-refractivity contribution in [1.29, 1.82) is 0 Å². The van der Waals surface area contributed by atoms with Gasteiger partial charge in [-0.3, -0.25) is 4.79 Å². The first-order valence-corrected chi connectivity index (χ1v) is 11.7. The van der Waals surface area contributed by atoms with Crippen LogP contribution in [-0.2, 0) is 10.9 Å². The van der Waals surface area contributed by atoms with Gasteiger partial charge in [-0.15, -0.1) is 0 Å². The van der Waals surface area contributed by atoms with Gasteiger partial charge in [0.15, 0.2) is 11.4 Å². The Morgan fingerprint density at radius 2 is 1.82 bits per heavy atom. The van der Waals surface area contributed by atoms with Crippen molar-refractivity contribution >= 4 is 17.4 Å². The third-order valence-corrected chi connectivity index (χ3v) is 5.95. The molecule has 2 fully saturated rings. The van der Waals surface area contributed by atoms with E-state index >= 15 is 0 Å². The van der Waals surface area contributed by atoms with E-state index in [4.69, 9.17) is 14.2 Å². The number of benzene rings is 2. The van der Waals surface area contributed by atoms with Crippen molar-refractivity contribution in [2.45, 2.75) is 37.6 Å². The number of carbonyl (C=O) groups excluding carboxylic acids is 1. The van der Waals surface area contributed by atoms with E-state index < -0.39 is 34.7 Å². The predicted molar refractivity (Wildman–Crippen MR) is 130 cm³/mol. The fourth-order valence-corrected chi connectivity index (χ4v) is 3.80. The fourth-order valence-electron chi connectivity index (χ4n) is 3.80. The lowest BCUT2D eigenvalue weighted by molar-refractivity contribution is -0.160.